The van der Waals surface area contributed by atoms with Gasteiger partial charge in [0.2, 0.25) is 5.91 Å². The average molecular weight is 230 g/mol. The monoisotopic (exact) mass is 230 g/mol. The van der Waals surface area contributed by atoms with Crippen LogP contribution in [0.15, 0.2) is 24.3 Å². The number of hydrogen-bond acceptors (Lipinski definition) is 2. The van der Waals surface area contributed by atoms with Gasteiger partial charge < -0.3 is 4.90 Å². The average Bonchev–Trinajstić information content (AvgIpc) is 2.38. The second-order valence-electron chi connectivity index (χ2n) is 4.97. The summed E-state index contributed by atoms with van der Waals surface area (Å²) in [6.45, 7) is 5.55. The summed E-state index contributed by atoms with van der Waals surface area (Å²) < 4.78 is 0. The number of carbonyl (C=O) groups excluding carboxylic acids is 1. The second kappa shape index (κ2) is 4.15. The molecule has 2 aliphatic rings. The molecule has 0 spiro atoms. The molecule has 2 heterocycles. The van der Waals surface area contributed by atoms with Crippen molar-refractivity contribution >= 4 is 5.91 Å². The van der Waals surface area contributed by atoms with Crippen LogP contribution in [0, 0.1) is 0 Å². The highest BCUT2D eigenvalue weighted by atomic mass is 16.2. The lowest BCUT2D eigenvalue weighted by Crippen LogP contribution is -2.52. The summed E-state index contributed by atoms with van der Waals surface area (Å²) in [6.07, 6.45) is 1.15. The summed E-state index contributed by atoms with van der Waals surface area (Å²) in [7, 11) is 0. The molecule has 0 N–H and O–H groups in total. The maximum atomic E-state index is 11.5. The van der Waals surface area contributed by atoms with E-state index in [2.05, 4.69) is 29.2 Å². The lowest BCUT2D eigenvalue weighted by molar-refractivity contribution is -0.132. The molecule has 1 unspecified atom stereocenters. The van der Waals surface area contributed by atoms with Gasteiger partial charge in [0.25, 0.3) is 0 Å². The molecule has 1 saturated heterocycles. The van der Waals surface area contributed by atoms with Gasteiger partial charge in [-0.2, -0.15) is 0 Å². The highest BCUT2D eigenvalue weighted by Gasteiger charge is 2.32. The molecule has 0 saturated carbocycles. The van der Waals surface area contributed by atoms with E-state index in [4.69, 9.17) is 0 Å². The molecule has 3 nitrogen and oxygen atoms in total. The molecular formula is C14H18N2O. The summed E-state index contributed by atoms with van der Waals surface area (Å²) in [4.78, 5) is 16.0. The number of piperazine rings is 1. The molecule has 1 aromatic carbocycles. The molecule has 90 valence electrons. The van der Waals surface area contributed by atoms with E-state index >= 15 is 0 Å². The highest BCUT2D eigenvalue weighted by molar-refractivity contribution is 5.73. The van der Waals surface area contributed by atoms with Crippen LogP contribution < -0.4 is 0 Å². The molecule has 3 rings (SSSR count). The predicted octanol–water partition coefficient (Wildman–Crippen LogP) is 1.45. The maximum Gasteiger partial charge on any atom is 0.219 e. The van der Waals surface area contributed by atoms with E-state index in [-0.39, 0.29) is 5.91 Å². The first-order valence-corrected chi connectivity index (χ1v) is 6.33. The van der Waals surface area contributed by atoms with Crippen molar-refractivity contribution in [3.8, 4) is 0 Å². The normalized spacial score (nSPS) is 24.1. The number of rotatable bonds is 0. The second-order valence-corrected chi connectivity index (χ2v) is 4.97. The SMILES string of the molecule is CC(=O)N1CCN2CCc3ccccc3C2C1. The molecule has 1 atom stereocenters. The molecule has 0 radical (unpaired) electrons. The molecule has 0 aromatic heterocycles. The van der Waals surface area contributed by atoms with Crippen LogP contribution in [0.5, 0.6) is 0 Å². The Morgan fingerprint density at radius 2 is 2.06 bits per heavy atom. The number of amides is 1. The van der Waals surface area contributed by atoms with Crippen LogP contribution in [0.25, 0.3) is 0 Å². The van der Waals surface area contributed by atoms with Gasteiger partial charge in [0.05, 0.1) is 6.04 Å². The van der Waals surface area contributed by atoms with E-state index < -0.39 is 0 Å². The Morgan fingerprint density at radius 1 is 1.24 bits per heavy atom. The Labute approximate surface area is 102 Å². The summed E-state index contributed by atoms with van der Waals surface area (Å²) in [6, 6.07) is 9.07. The van der Waals surface area contributed by atoms with Gasteiger partial charge in [0.15, 0.2) is 0 Å². The number of benzene rings is 1. The molecule has 0 bridgehead atoms. The third-order valence-corrected chi connectivity index (χ3v) is 4.02. The van der Waals surface area contributed by atoms with Crippen LogP contribution in [0.3, 0.4) is 0 Å². The van der Waals surface area contributed by atoms with Crippen molar-refractivity contribution in [1.29, 1.82) is 0 Å². The van der Waals surface area contributed by atoms with Crippen LogP contribution in [0.4, 0.5) is 0 Å². The Hall–Kier alpha value is -1.35. The third kappa shape index (κ3) is 1.84. The third-order valence-electron chi connectivity index (χ3n) is 4.02. The Morgan fingerprint density at radius 3 is 2.88 bits per heavy atom. The molecular weight excluding hydrogens is 212 g/mol. The minimum absolute atomic E-state index is 0.202. The quantitative estimate of drug-likeness (QED) is 0.673. The summed E-state index contributed by atoms with van der Waals surface area (Å²) in [5, 5.41) is 0. The zero-order valence-corrected chi connectivity index (χ0v) is 10.2. The summed E-state index contributed by atoms with van der Waals surface area (Å²) in [5.41, 5.74) is 2.88. The lowest BCUT2D eigenvalue weighted by atomic mass is 9.91. The van der Waals surface area contributed by atoms with Crippen molar-refractivity contribution in [1.82, 2.24) is 9.80 Å². The van der Waals surface area contributed by atoms with Crippen LogP contribution in [0.2, 0.25) is 0 Å². The van der Waals surface area contributed by atoms with Crippen molar-refractivity contribution in [2.24, 2.45) is 0 Å². The first-order valence-electron chi connectivity index (χ1n) is 6.33. The van der Waals surface area contributed by atoms with E-state index in [9.17, 15) is 4.79 Å². The molecule has 1 aromatic rings. The zero-order chi connectivity index (χ0) is 11.8. The van der Waals surface area contributed by atoms with Crippen molar-refractivity contribution in [3.05, 3.63) is 35.4 Å². The van der Waals surface area contributed by atoms with Gasteiger partial charge in [0.1, 0.15) is 0 Å². The van der Waals surface area contributed by atoms with E-state index in [1.807, 2.05) is 4.90 Å². The fraction of sp³-hybridized carbons (Fsp3) is 0.500. The number of carbonyl (C=O) groups is 1. The van der Waals surface area contributed by atoms with Crippen LogP contribution in [-0.2, 0) is 11.2 Å². The van der Waals surface area contributed by atoms with Crippen molar-refractivity contribution < 1.29 is 4.79 Å². The van der Waals surface area contributed by atoms with Crippen LogP contribution in [-0.4, -0.2) is 41.9 Å². The lowest BCUT2D eigenvalue weighted by Gasteiger charge is -2.44. The van der Waals surface area contributed by atoms with Gasteiger partial charge in [-0.15, -0.1) is 0 Å². The zero-order valence-electron chi connectivity index (χ0n) is 10.2. The highest BCUT2D eigenvalue weighted by Crippen LogP contribution is 2.32. The van der Waals surface area contributed by atoms with Gasteiger partial charge in [0, 0.05) is 33.1 Å². The minimum atomic E-state index is 0.202. The van der Waals surface area contributed by atoms with Crippen molar-refractivity contribution in [3.63, 3.8) is 0 Å². The smallest absolute Gasteiger partial charge is 0.219 e. The largest absolute Gasteiger partial charge is 0.340 e. The Bertz CT molecular complexity index is 444. The topological polar surface area (TPSA) is 23.6 Å². The van der Waals surface area contributed by atoms with Crippen LogP contribution in [0.1, 0.15) is 24.1 Å². The van der Waals surface area contributed by atoms with Gasteiger partial charge in [-0.25, -0.2) is 0 Å². The first-order chi connectivity index (χ1) is 8.25. The summed E-state index contributed by atoms with van der Waals surface area (Å²) in [5.74, 6) is 0.202. The van der Waals surface area contributed by atoms with Crippen molar-refractivity contribution in [2.45, 2.75) is 19.4 Å². The molecule has 0 aliphatic carbocycles. The minimum Gasteiger partial charge on any atom is -0.340 e. The van der Waals surface area contributed by atoms with E-state index in [0.29, 0.717) is 6.04 Å². The molecule has 2 aliphatic heterocycles. The standard InChI is InChI=1S/C14H18N2O/c1-11(17)16-9-8-15-7-6-12-4-2-3-5-13(12)14(15)10-16/h2-5,14H,6-10H2,1H3. The summed E-state index contributed by atoms with van der Waals surface area (Å²) >= 11 is 0. The van der Waals surface area contributed by atoms with Gasteiger partial charge in [-0.3, -0.25) is 9.69 Å². The predicted molar refractivity (Wildman–Crippen MR) is 66.7 cm³/mol. The van der Waals surface area contributed by atoms with Gasteiger partial charge in [-0.05, 0) is 17.5 Å². The fourth-order valence-corrected chi connectivity index (χ4v) is 3.02. The first kappa shape index (κ1) is 10.8. The Balaban J connectivity index is 1.91. The number of fused-ring (bicyclic) bond motifs is 3. The maximum absolute atomic E-state index is 11.5. The van der Waals surface area contributed by atoms with E-state index in [1.54, 1.807) is 6.92 Å². The van der Waals surface area contributed by atoms with Gasteiger partial charge >= 0.3 is 0 Å². The van der Waals surface area contributed by atoms with Gasteiger partial charge in [-0.1, -0.05) is 24.3 Å². The van der Waals surface area contributed by atoms with Crippen molar-refractivity contribution in [2.75, 3.05) is 26.2 Å². The fourth-order valence-electron chi connectivity index (χ4n) is 3.02. The molecule has 3 heteroatoms. The van der Waals surface area contributed by atoms with E-state index in [0.717, 1.165) is 32.6 Å². The van der Waals surface area contributed by atoms with E-state index in [1.165, 1.54) is 11.1 Å². The molecule has 17 heavy (non-hydrogen) atoms. The number of hydrogen-bond donors (Lipinski definition) is 0. The Kier molecular flexibility index (Phi) is 2.63. The molecule has 1 amide bonds. The molecule has 1 fully saturated rings. The number of nitrogens with zero attached hydrogens (tertiary/aromatic N) is 2. The van der Waals surface area contributed by atoms with Crippen LogP contribution >= 0.6 is 0 Å².